The Labute approximate surface area is 82.1 Å². The van der Waals surface area contributed by atoms with E-state index in [1.807, 2.05) is 0 Å². The molecule has 0 atom stereocenters. The van der Waals surface area contributed by atoms with Crippen molar-refractivity contribution in [1.82, 2.24) is 0 Å². The third kappa shape index (κ3) is 1.86. The van der Waals surface area contributed by atoms with Crippen molar-refractivity contribution in [3.63, 3.8) is 0 Å². The first-order valence-corrected chi connectivity index (χ1v) is 4.87. The van der Waals surface area contributed by atoms with E-state index in [0.717, 1.165) is 0 Å². The molecule has 1 nitrogen and oxygen atoms in total. The second kappa shape index (κ2) is 3.56. The summed E-state index contributed by atoms with van der Waals surface area (Å²) < 4.78 is 26.6. The lowest BCUT2D eigenvalue weighted by atomic mass is 10.2. The minimum atomic E-state index is -0.506. The van der Waals surface area contributed by atoms with Gasteiger partial charge in [0, 0.05) is 6.54 Å². The number of aryl methyl sites for hydroxylation is 1. The molecule has 1 aliphatic carbocycles. The van der Waals surface area contributed by atoms with E-state index in [2.05, 4.69) is 5.32 Å². The number of hydrogen-bond acceptors (Lipinski definition) is 1. The Morgan fingerprint density at radius 3 is 2.71 bits per heavy atom. The van der Waals surface area contributed by atoms with Gasteiger partial charge in [-0.05, 0) is 37.3 Å². The molecule has 3 heteroatoms. The Balaban J connectivity index is 2.16. The lowest BCUT2D eigenvalue weighted by Gasteiger charge is -2.09. The van der Waals surface area contributed by atoms with Gasteiger partial charge in [0.15, 0.2) is 5.82 Å². The van der Waals surface area contributed by atoms with E-state index < -0.39 is 11.6 Å². The van der Waals surface area contributed by atoms with Gasteiger partial charge in [-0.3, -0.25) is 0 Å². The highest BCUT2D eigenvalue weighted by Crippen LogP contribution is 2.30. The van der Waals surface area contributed by atoms with Crippen molar-refractivity contribution in [2.75, 3.05) is 11.9 Å². The van der Waals surface area contributed by atoms with Crippen LogP contribution in [0, 0.1) is 24.5 Å². The highest BCUT2D eigenvalue weighted by atomic mass is 19.1. The molecule has 1 N–H and O–H groups in total. The molecule has 0 aliphatic heterocycles. The normalized spacial score (nSPS) is 15.6. The van der Waals surface area contributed by atoms with E-state index in [0.29, 0.717) is 18.0 Å². The first kappa shape index (κ1) is 9.44. The van der Waals surface area contributed by atoms with Gasteiger partial charge in [-0.15, -0.1) is 0 Å². The number of hydrogen-bond donors (Lipinski definition) is 1. The van der Waals surface area contributed by atoms with Gasteiger partial charge in [0.2, 0.25) is 0 Å². The largest absolute Gasteiger partial charge is 0.380 e. The summed E-state index contributed by atoms with van der Waals surface area (Å²) in [6, 6.07) is 2.75. The Bertz CT molecular complexity index is 345. The second-order valence-corrected chi connectivity index (χ2v) is 3.88. The molecule has 0 aromatic heterocycles. The number of rotatable bonds is 3. The van der Waals surface area contributed by atoms with Gasteiger partial charge in [-0.2, -0.15) is 0 Å². The van der Waals surface area contributed by atoms with Crippen LogP contribution in [0.3, 0.4) is 0 Å². The quantitative estimate of drug-likeness (QED) is 0.785. The second-order valence-electron chi connectivity index (χ2n) is 3.88. The molecule has 14 heavy (non-hydrogen) atoms. The molecule has 0 amide bonds. The van der Waals surface area contributed by atoms with E-state index in [1.165, 1.54) is 25.0 Å². The first-order chi connectivity index (χ1) is 6.68. The lowest BCUT2D eigenvalue weighted by Crippen LogP contribution is -2.07. The van der Waals surface area contributed by atoms with Gasteiger partial charge in [-0.1, -0.05) is 6.07 Å². The summed E-state index contributed by atoms with van der Waals surface area (Å²) in [4.78, 5) is 0. The molecule has 0 spiro atoms. The van der Waals surface area contributed by atoms with Crippen molar-refractivity contribution in [3.8, 4) is 0 Å². The van der Waals surface area contributed by atoms with Crippen LogP contribution in [0.4, 0.5) is 14.5 Å². The fourth-order valence-electron chi connectivity index (χ4n) is 1.39. The van der Waals surface area contributed by atoms with E-state index in [-0.39, 0.29) is 5.69 Å². The van der Waals surface area contributed by atoms with Gasteiger partial charge in [0.05, 0.1) is 0 Å². The van der Waals surface area contributed by atoms with Crippen molar-refractivity contribution < 1.29 is 8.78 Å². The number of halogens is 2. The molecule has 1 aliphatic rings. The van der Waals surface area contributed by atoms with E-state index >= 15 is 0 Å². The molecule has 0 unspecified atom stereocenters. The van der Waals surface area contributed by atoms with Gasteiger partial charge in [0.25, 0.3) is 0 Å². The van der Waals surface area contributed by atoms with Crippen LogP contribution in [0.2, 0.25) is 0 Å². The molecule has 0 radical (unpaired) electrons. The zero-order valence-electron chi connectivity index (χ0n) is 8.11. The maximum Gasteiger partial charge on any atom is 0.152 e. The van der Waals surface area contributed by atoms with Crippen molar-refractivity contribution >= 4 is 5.69 Å². The smallest absolute Gasteiger partial charge is 0.152 e. The summed E-state index contributed by atoms with van der Waals surface area (Å²) in [5, 5.41) is 2.83. The predicted molar refractivity (Wildman–Crippen MR) is 52.3 cm³/mol. The molecule has 1 fully saturated rings. The molecule has 0 heterocycles. The fourth-order valence-corrected chi connectivity index (χ4v) is 1.39. The third-order valence-electron chi connectivity index (χ3n) is 2.55. The molecule has 1 aromatic rings. The van der Waals surface area contributed by atoms with Gasteiger partial charge >= 0.3 is 0 Å². The average molecular weight is 197 g/mol. The minimum Gasteiger partial charge on any atom is -0.380 e. The van der Waals surface area contributed by atoms with Crippen LogP contribution in [-0.4, -0.2) is 6.54 Å². The van der Waals surface area contributed by atoms with Crippen LogP contribution in [0.15, 0.2) is 12.1 Å². The summed E-state index contributed by atoms with van der Waals surface area (Å²) >= 11 is 0. The molecular weight excluding hydrogens is 184 g/mol. The van der Waals surface area contributed by atoms with Gasteiger partial charge < -0.3 is 5.32 Å². The summed E-state index contributed by atoms with van der Waals surface area (Å²) in [5.41, 5.74) is 0.501. The highest BCUT2D eigenvalue weighted by Gasteiger charge is 2.22. The Morgan fingerprint density at radius 2 is 2.07 bits per heavy atom. The standard InChI is InChI=1S/C11H13F2N/c1-7-2-5-9(12)11(10(7)13)14-6-8-3-4-8/h2,5,8,14H,3-4,6H2,1H3. The molecular formula is C11H13F2N. The van der Waals surface area contributed by atoms with E-state index in [9.17, 15) is 8.78 Å². The van der Waals surface area contributed by atoms with Crippen LogP contribution in [0.1, 0.15) is 18.4 Å². The average Bonchev–Trinajstić information content (AvgIpc) is 2.95. The van der Waals surface area contributed by atoms with Gasteiger partial charge in [-0.25, -0.2) is 8.78 Å². The zero-order valence-corrected chi connectivity index (χ0v) is 8.11. The van der Waals surface area contributed by atoms with Crippen LogP contribution >= 0.6 is 0 Å². The van der Waals surface area contributed by atoms with Crippen LogP contribution in [-0.2, 0) is 0 Å². The molecule has 1 aromatic carbocycles. The summed E-state index contributed by atoms with van der Waals surface area (Å²) in [6.45, 7) is 2.31. The lowest BCUT2D eigenvalue weighted by molar-refractivity contribution is 0.581. The van der Waals surface area contributed by atoms with Crippen LogP contribution in [0.25, 0.3) is 0 Å². The molecule has 2 rings (SSSR count). The monoisotopic (exact) mass is 197 g/mol. The maximum absolute atomic E-state index is 13.4. The fraction of sp³-hybridized carbons (Fsp3) is 0.455. The van der Waals surface area contributed by atoms with Crippen LogP contribution < -0.4 is 5.32 Å². The predicted octanol–water partition coefficient (Wildman–Crippen LogP) is 3.10. The van der Waals surface area contributed by atoms with E-state index in [4.69, 9.17) is 0 Å². The molecule has 1 saturated carbocycles. The first-order valence-electron chi connectivity index (χ1n) is 4.87. The Hall–Kier alpha value is -1.12. The summed E-state index contributed by atoms with van der Waals surface area (Å²) in [5.74, 6) is -0.367. The maximum atomic E-state index is 13.4. The summed E-state index contributed by atoms with van der Waals surface area (Å²) in [7, 11) is 0. The number of benzene rings is 1. The highest BCUT2D eigenvalue weighted by molar-refractivity contribution is 5.49. The molecule has 76 valence electrons. The van der Waals surface area contributed by atoms with Crippen molar-refractivity contribution in [2.24, 2.45) is 5.92 Å². The SMILES string of the molecule is Cc1ccc(F)c(NCC2CC2)c1F. The van der Waals surface area contributed by atoms with Crippen molar-refractivity contribution in [2.45, 2.75) is 19.8 Å². The third-order valence-corrected chi connectivity index (χ3v) is 2.55. The molecule has 0 saturated heterocycles. The molecule has 0 bridgehead atoms. The van der Waals surface area contributed by atoms with Gasteiger partial charge in [0.1, 0.15) is 11.5 Å². The Kier molecular flexibility index (Phi) is 2.40. The Morgan fingerprint density at radius 1 is 1.36 bits per heavy atom. The van der Waals surface area contributed by atoms with E-state index in [1.54, 1.807) is 6.92 Å². The zero-order chi connectivity index (χ0) is 10.1. The van der Waals surface area contributed by atoms with Crippen molar-refractivity contribution in [1.29, 1.82) is 0 Å². The summed E-state index contributed by atoms with van der Waals surface area (Å²) in [6.07, 6.45) is 2.34. The number of nitrogens with one attached hydrogen (secondary N) is 1. The topological polar surface area (TPSA) is 12.0 Å². The van der Waals surface area contributed by atoms with Crippen molar-refractivity contribution in [3.05, 3.63) is 29.3 Å². The minimum absolute atomic E-state index is 0.0249. The van der Waals surface area contributed by atoms with Crippen LogP contribution in [0.5, 0.6) is 0 Å². The number of anilines is 1.